The molecular formula is C21H26ClN3OS. The molecule has 1 amide bonds. The quantitative estimate of drug-likeness (QED) is 0.685. The lowest BCUT2D eigenvalue weighted by molar-refractivity contribution is -0.122. The van der Waals surface area contributed by atoms with E-state index in [4.69, 9.17) is 11.6 Å². The van der Waals surface area contributed by atoms with Crippen LogP contribution in [0, 0.1) is 0 Å². The number of thioether (sulfide) groups is 1. The molecule has 3 rings (SSSR count). The molecule has 0 spiro atoms. The van der Waals surface area contributed by atoms with E-state index < -0.39 is 0 Å². The predicted molar refractivity (Wildman–Crippen MR) is 113 cm³/mol. The first kappa shape index (κ1) is 20.2. The highest BCUT2D eigenvalue weighted by Crippen LogP contribution is 2.20. The molecule has 0 aliphatic carbocycles. The fourth-order valence-electron chi connectivity index (χ4n) is 3.05. The van der Waals surface area contributed by atoms with Gasteiger partial charge in [-0.1, -0.05) is 41.9 Å². The summed E-state index contributed by atoms with van der Waals surface area (Å²) in [6, 6.07) is 18.0. The molecule has 0 radical (unpaired) electrons. The molecule has 1 fully saturated rings. The number of halogens is 1. The van der Waals surface area contributed by atoms with Crippen molar-refractivity contribution >= 4 is 29.3 Å². The average Bonchev–Trinajstić information content (AvgIpc) is 2.70. The Morgan fingerprint density at radius 1 is 0.963 bits per heavy atom. The first-order chi connectivity index (χ1) is 13.2. The van der Waals surface area contributed by atoms with Crippen LogP contribution < -0.4 is 5.32 Å². The van der Waals surface area contributed by atoms with Crippen LogP contribution >= 0.6 is 23.4 Å². The standard InChI is InChI=1S/C21H26ClN3OS/c22-19-6-8-20(9-7-19)27-15-14-24-10-12-25(13-11-24)17-21(26)23-16-18-4-2-1-3-5-18/h1-9H,10-17H2,(H,23,26). The predicted octanol–water partition coefficient (Wildman–Crippen LogP) is 3.37. The van der Waals surface area contributed by atoms with Crippen molar-refractivity contribution in [3.8, 4) is 0 Å². The van der Waals surface area contributed by atoms with Gasteiger partial charge in [-0.05, 0) is 29.8 Å². The Morgan fingerprint density at radius 2 is 1.63 bits per heavy atom. The second-order valence-corrected chi connectivity index (χ2v) is 8.29. The Hall–Kier alpha value is -1.53. The molecule has 0 unspecified atom stereocenters. The van der Waals surface area contributed by atoms with E-state index in [0.29, 0.717) is 13.1 Å². The van der Waals surface area contributed by atoms with Crippen LogP contribution in [0.2, 0.25) is 5.02 Å². The highest BCUT2D eigenvalue weighted by molar-refractivity contribution is 7.99. The number of carbonyl (C=O) groups is 1. The molecule has 2 aromatic rings. The van der Waals surface area contributed by atoms with E-state index in [1.54, 1.807) is 0 Å². The highest BCUT2D eigenvalue weighted by Gasteiger charge is 2.18. The van der Waals surface area contributed by atoms with Crippen LogP contribution in [0.5, 0.6) is 0 Å². The maximum absolute atomic E-state index is 12.1. The second-order valence-electron chi connectivity index (χ2n) is 6.68. The average molecular weight is 404 g/mol. The number of benzene rings is 2. The number of amides is 1. The molecular weight excluding hydrogens is 378 g/mol. The second kappa shape index (κ2) is 10.7. The van der Waals surface area contributed by atoms with Crippen LogP contribution in [-0.2, 0) is 11.3 Å². The minimum absolute atomic E-state index is 0.102. The maximum Gasteiger partial charge on any atom is 0.234 e. The van der Waals surface area contributed by atoms with E-state index >= 15 is 0 Å². The van der Waals surface area contributed by atoms with E-state index in [1.807, 2.05) is 54.2 Å². The Labute approximate surface area is 170 Å². The molecule has 4 nitrogen and oxygen atoms in total. The molecule has 0 aromatic heterocycles. The number of carbonyl (C=O) groups excluding carboxylic acids is 1. The van der Waals surface area contributed by atoms with Crippen LogP contribution in [0.25, 0.3) is 0 Å². The summed E-state index contributed by atoms with van der Waals surface area (Å²) < 4.78 is 0. The maximum atomic E-state index is 12.1. The molecule has 1 aliphatic heterocycles. The number of rotatable bonds is 8. The number of hydrogen-bond acceptors (Lipinski definition) is 4. The van der Waals surface area contributed by atoms with Crippen molar-refractivity contribution in [1.82, 2.24) is 15.1 Å². The zero-order valence-corrected chi connectivity index (χ0v) is 17.0. The van der Waals surface area contributed by atoms with Gasteiger partial charge in [-0.3, -0.25) is 14.6 Å². The molecule has 1 heterocycles. The first-order valence-electron chi connectivity index (χ1n) is 9.33. The zero-order chi connectivity index (χ0) is 18.9. The Kier molecular flexibility index (Phi) is 8.02. The van der Waals surface area contributed by atoms with Crippen molar-refractivity contribution in [1.29, 1.82) is 0 Å². The number of nitrogens with one attached hydrogen (secondary N) is 1. The molecule has 0 saturated carbocycles. The molecule has 0 atom stereocenters. The summed E-state index contributed by atoms with van der Waals surface area (Å²) in [6.45, 7) is 6.10. The summed E-state index contributed by atoms with van der Waals surface area (Å²) in [7, 11) is 0. The number of nitrogens with zero attached hydrogens (tertiary/aromatic N) is 2. The fourth-order valence-corrected chi connectivity index (χ4v) is 4.09. The van der Waals surface area contributed by atoms with Crippen LogP contribution in [0.4, 0.5) is 0 Å². The molecule has 1 saturated heterocycles. The minimum atomic E-state index is 0.102. The third-order valence-electron chi connectivity index (χ3n) is 4.65. The first-order valence-corrected chi connectivity index (χ1v) is 10.7. The molecule has 1 N–H and O–H groups in total. The summed E-state index contributed by atoms with van der Waals surface area (Å²) in [6.07, 6.45) is 0. The highest BCUT2D eigenvalue weighted by atomic mass is 35.5. The summed E-state index contributed by atoms with van der Waals surface area (Å²) in [5.41, 5.74) is 1.13. The van der Waals surface area contributed by atoms with Crippen LogP contribution in [-0.4, -0.2) is 60.7 Å². The van der Waals surface area contributed by atoms with E-state index in [9.17, 15) is 4.79 Å². The SMILES string of the molecule is O=C(CN1CCN(CCSc2ccc(Cl)cc2)CC1)NCc1ccccc1. The molecule has 2 aromatic carbocycles. The van der Waals surface area contributed by atoms with Gasteiger partial charge in [0.2, 0.25) is 5.91 Å². The molecule has 144 valence electrons. The Bertz CT molecular complexity index is 703. The summed E-state index contributed by atoms with van der Waals surface area (Å²) >= 11 is 7.78. The van der Waals surface area contributed by atoms with Crippen molar-refractivity contribution in [2.24, 2.45) is 0 Å². The molecule has 27 heavy (non-hydrogen) atoms. The van der Waals surface area contributed by atoms with Crippen molar-refractivity contribution in [2.75, 3.05) is 45.0 Å². The van der Waals surface area contributed by atoms with Gasteiger partial charge in [0.15, 0.2) is 0 Å². The van der Waals surface area contributed by atoms with Crippen molar-refractivity contribution < 1.29 is 4.79 Å². The van der Waals surface area contributed by atoms with E-state index in [1.165, 1.54) is 4.90 Å². The van der Waals surface area contributed by atoms with Crippen molar-refractivity contribution in [2.45, 2.75) is 11.4 Å². The van der Waals surface area contributed by atoms with Gasteiger partial charge in [0, 0.05) is 54.9 Å². The van der Waals surface area contributed by atoms with Crippen LogP contribution in [0.15, 0.2) is 59.5 Å². The number of piperazine rings is 1. The van der Waals surface area contributed by atoms with Crippen LogP contribution in [0.3, 0.4) is 0 Å². The topological polar surface area (TPSA) is 35.6 Å². The molecule has 0 bridgehead atoms. The van der Waals surface area contributed by atoms with E-state index in [0.717, 1.165) is 49.1 Å². The summed E-state index contributed by atoms with van der Waals surface area (Å²) in [5.74, 6) is 1.17. The normalized spacial score (nSPS) is 15.6. The monoisotopic (exact) mass is 403 g/mol. The lowest BCUT2D eigenvalue weighted by Gasteiger charge is -2.34. The van der Waals surface area contributed by atoms with E-state index in [2.05, 4.69) is 27.2 Å². The van der Waals surface area contributed by atoms with Crippen molar-refractivity contribution in [3.05, 3.63) is 65.2 Å². The van der Waals surface area contributed by atoms with Crippen LogP contribution in [0.1, 0.15) is 5.56 Å². The zero-order valence-electron chi connectivity index (χ0n) is 15.4. The third kappa shape index (κ3) is 7.18. The third-order valence-corrected chi connectivity index (χ3v) is 5.90. The Morgan fingerprint density at radius 3 is 2.33 bits per heavy atom. The van der Waals surface area contributed by atoms with Gasteiger partial charge in [-0.2, -0.15) is 0 Å². The molecule has 6 heteroatoms. The van der Waals surface area contributed by atoms with Gasteiger partial charge in [0.05, 0.1) is 6.54 Å². The van der Waals surface area contributed by atoms with Gasteiger partial charge in [-0.15, -0.1) is 11.8 Å². The summed E-state index contributed by atoms with van der Waals surface area (Å²) in [4.78, 5) is 18.1. The number of hydrogen-bond donors (Lipinski definition) is 1. The van der Waals surface area contributed by atoms with Gasteiger partial charge < -0.3 is 5.32 Å². The Balaban J connectivity index is 1.29. The van der Waals surface area contributed by atoms with Crippen molar-refractivity contribution in [3.63, 3.8) is 0 Å². The lowest BCUT2D eigenvalue weighted by atomic mass is 10.2. The minimum Gasteiger partial charge on any atom is -0.351 e. The van der Waals surface area contributed by atoms with Gasteiger partial charge in [-0.25, -0.2) is 0 Å². The molecule has 1 aliphatic rings. The lowest BCUT2D eigenvalue weighted by Crippen LogP contribution is -2.49. The van der Waals surface area contributed by atoms with Gasteiger partial charge in [0.25, 0.3) is 0 Å². The fraction of sp³-hybridized carbons (Fsp3) is 0.381. The largest absolute Gasteiger partial charge is 0.351 e. The summed E-state index contributed by atoms with van der Waals surface area (Å²) in [5, 5.41) is 3.79. The van der Waals surface area contributed by atoms with Gasteiger partial charge >= 0.3 is 0 Å². The van der Waals surface area contributed by atoms with Gasteiger partial charge in [0.1, 0.15) is 0 Å². The van der Waals surface area contributed by atoms with E-state index in [-0.39, 0.29) is 5.91 Å². The smallest absolute Gasteiger partial charge is 0.234 e.